The average Bonchev–Trinajstić information content (AvgIpc) is 2.93. The fourth-order valence-electron chi connectivity index (χ4n) is 2.05. The molecule has 0 amide bonds. The smallest absolute Gasteiger partial charge is 0.184 e. The number of rotatable bonds is 2. The van der Waals surface area contributed by atoms with Crippen molar-refractivity contribution in [3.05, 3.63) is 48.3 Å². The zero-order valence-corrected chi connectivity index (χ0v) is 9.87. The van der Waals surface area contributed by atoms with Crippen molar-refractivity contribution in [1.82, 2.24) is 4.98 Å². The zero-order chi connectivity index (χ0) is 12.4. The SMILES string of the molecule is Nc1ccncc1-c1cccc(C2OCCO2)c1. The molecule has 1 aromatic carbocycles. The van der Waals surface area contributed by atoms with Gasteiger partial charge in [-0.05, 0) is 17.7 Å². The van der Waals surface area contributed by atoms with Gasteiger partial charge in [0.05, 0.1) is 13.2 Å². The Hall–Kier alpha value is -1.91. The highest BCUT2D eigenvalue weighted by atomic mass is 16.7. The van der Waals surface area contributed by atoms with Gasteiger partial charge in [0.2, 0.25) is 0 Å². The minimum absolute atomic E-state index is 0.261. The van der Waals surface area contributed by atoms with E-state index in [1.165, 1.54) is 0 Å². The number of aromatic nitrogens is 1. The average molecular weight is 242 g/mol. The van der Waals surface area contributed by atoms with Crippen molar-refractivity contribution in [3.8, 4) is 11.1 Å². The van der Waals surface area contributed by atoms with Gasteiger partial charge in [0.1, 0.15) is 0 Å². The summed E-state index contributed by atoms with van der Waals surface area (Å²) in [5.74, 6) is 0. The molecule has 18 heavy (non-hydrogen) atoms. The Bertz CT molecular complexity index is 551. The summed E-state index contributed by atoms with van der Waals surface area (Å²) < 4.78 is 11.0. The van der Waals surface area contributed by atoms with Gasteiger partial charge >= 0.3 is 0 Å². The monoisotopic (exact) mass is 242 g/mol. The van der Waals surface area contributed by atoms with E-state index < -0.39 is 0 Å². The number of nitrogens with zero attached hydrogens (tertiary/aromatic N) is 1. The van der Waals surface area contributed by atoms with Crippen molar-refractivity contribution in [2.75, 3.05) is 18.9 Å². The molecule has 1 aliphatic rings. The predicted molar refractivity (Wildman–Crippen MR) is 68.7 cm³/mol. The van der Waals surface area contributed by atoms with Crippen LogP contribution >= 0.6 is 0 Å². The lowest BCUT2D eigenvalue weighted by Gasteiger charge is -2.11. The minimum atomic E-state index is -0.261. The van der Waals surface area contributed by atoms with E-state index in [9.17, 15) is 0 Å². The van der Waals surface area contributed by atoms with Gasteiger partial charge < -0.3 is 15.2 Å². The van der Waals surface area contributed by atoms with Crippen LogP contribution in [0.1, 0.15) is 11.9 Å². The van der Waals surface area contributed by atoms with E-state index in [-0.39, 0.29) is 6.29 Å². The molecule has 2 aromatic rings. The van der Waals surface area contributed by atoms with Gasteiger partial charge in [-0.1, -0.05) is 18.2 Å². The summed E-state index contributed by atoms with van der Waals surface area (Å²) in [4.78, 5) is 4.11. The Morgan fingerprint density at radius 1 is 1.17 bits per heavy atom. The van der Waals surface area contributed by atoms with Crippen LogP contribution in [0.2, 0.25) is 0 Å². The van der Waals surface area contributed by atoms with E-state index >= 15 is 0 Å². The lowest BCUT2D eigenvalue weighted by atomic mass is 10.0. The third-order valence-corrected chi connectivity index (χ3v) is 2.95. The number of benzene rings is 1. The van der Waals surface area contributed by atoms with Crippen molar-refractivity contribution in [2.45, 2.75) is 6.29 Å². The fourth-order valence-corrected chi connectivity index (χ4v) is 2.05. The molecule has 2 heterocycles. The van der Waals surface area contributed by atoms with Gasteiger partial charge in [-0.25, -0.2) is 0 Å². The van der Waals surface area contributed by atoms with Crippen LogP contribution in [0.5, 0.6) is 0 Å². The van der Waals surface area contributed by atoms with Gasteiger partial charge in [-0.2, -0.15) is 0 Å². The van der Waals surface area contributed by atoms with Crippen LogP contribution < -0.4 is 5.73 Å². The largest absolute Gasteiger partial charge is 0.398 e. The number of pyridine rings is 1. The summed E-state index contributed by atoms with van der Waals surface area (Å²) in [7, 11) is 0. The van der Waals surface area contributed by atoms with Crippen LogP contribution in [0, 0.1) is 0 Å². The van der Waals surface area contributed by atoms with E-state index in [4.69, 9.17) is 15.2 Å². The van der Waals surface area contributed by atoms with Gasteiger partial charge in [-0.15, -0.1) is 0 Å². The summed E-state index contributed by atoms with van der Waals surface area (Å²) >= 11 is 0. The topological polar surface area (TPSA) is 57.4 Å². The third kappa shape index (κ3) is 2.08. The van der Waals surface area contributed by atoms with Crippen LogP contribution in [-0.2, 0) is 9.47 Å². The lowest BCUT2D eigenvalue weighted by molar-refractivity contribution is -0.0440. The van der Waals surface area contributed by atoms with Crippen molar-refractivity contribution in [1.29, 1.82) is 0 Å². The molecule has 1 saturated heterocycles. The van der Waals surface area contributed by atoms with E-state index in [0.29, 0.717) is 13.2 Å². The second-order valence-corrected chi connectivity index (χ2v) is 4.16. The molecular formula is C14H14N2O2. The first-order valence-corrected chi connectivity index (χ1v) is 5.87. The van der Waals surface area contributed by atoms with E-state index in [1.807, 2.05) is 24.3 Å². The fraction of sp³-hybridized carbons (Fsp3) is 0.214. The normalized spacial score (nSPS) is 16.0. The maximum Gasteiger partial charge on any atom is 0.184 e. The van der Waals surface area contributed by atoms with Crippen LogP contribution in [0.4, 0.5) is 5.69 Å². The highest BCUT2D eigenvalue weighted by molar-refractivity contribution is 5.75. The highest BCUT2D eigenvalue weighted by Crippen LogP contribution is 2.29. The molecule has 0 radical (unpaired) electrons. The Kier molecular flexibility index (Phi) is 2.96. The molecule has 4 nitrogen and oxygen atoms in total. The molecule has 0 atom stereocenters. The second kappa shape index (κ2) is 4.76. The molecule has 0 aliphatic carbocycles. The molecule has 0 spiro atoms. The van der Waals surface area contributed by atoms with Crippen molar-refractivity contribution < 1.29 is 9.47 Å². The molecule has 0 saturated carbocycles. The van der Waals surface area contributed by atoms with Gasteiger partial charge in [0, 0.05) is 29.2 Å². The number of nitrogen functional groups attached to an aromatic ring is 1. The van der Waals surface area contributed by atoms with Crippen LogP contribution in [0.15, 0.2) is 42.7 Å². The quantitative estimate of drug-likeness (QED) is 0.878. The highest BCUT2D eigenvalue weighted by Gasteiger charge is 2.18. The molecule has 1 fully saturated rings. The summed E-state index contributed by atoms with van der Waals surface area (Å²) in [6.07, 6.45) is 3.19. The van der Waals surface area contributed by atoms with Crippen LogP contribution in [0.3, 0.4) is 0 Å². The van der Waals surface area contributed by atoms with Gasteiger partial charge in [-0.3, -0.25) is 4.98 Å². The maximum atomic E-state index is 5.95. The first-order chi connectivity index (χ1) is 8.84. The number of hydrogen-bond acceptors (Lipinski definition) is 4. The molecular weight excluding hydrogens is 228 g/mol. The number of hydrogen-bond donors (Lipinski definition) is 1. The lowest BCUT2D eigenvalue weighted by Crippen LogP contribution is -1.98. The van der Waals surface area contributed by atoms with Crippen molar-refractivity contribution in [3.63, 3.8) is 0 Å². The van der Waals surface area contributed by atoms with Crippen molar-refractivity contribution in [2.24, 2.45) is 0 Å². The van der Waals surface area contributed by atoms with Gasteiger partial charge in [0.15, 0.2) is 6.29 Å². The summed E-state index contributed by atoms with van der Waals surface area (Å²) in [5, 5.41) is 0. The molecule has 2 N–H and O–H groups in total. The molecule has 92 valence electrons. The first kappa shape index (κ1) is 11.2. The molecule has 0 unspecified atom stereocenters. The Morgan fingerprint density at radius 2 is 2.00 bits per heavy atom. The molecule has 0 bridgehead atoms. The molecule has 4 heteroatoms. The summed E-state index contributed by atoms with van der Waals surface area (Å²) in [6, 6.07) is 9.80. The number of anilines is 1. The summed E-state index contributed by atoms with van der Waals surface area (Å²) in [6.45, 7) is 1.29. The summed E-state index contributed by atoms with van der Waals surface area (Å²) in [5.41, 5.74) is 9.63. The van der Waals surface area contributed by atoms with Crippen LogP contribution in [-0.4, -0.2) is 18.2 Å². The third-order valence-electron chi connectivity index (χ3n) is 2.95. The number of ether oxygens (including phenoxy) is 2. The number of nitrogens with two attached hydrogens (primary N) is 1. The van der Waals surface area contributed by atoms with Crippen LogP contribution in [0.25, 0.3) is 11.1 Å². The minimum Gasteiger partial charge on any atom is -0.398 e. The maximum absolute atomic E-state index is 5.95. The Labute approximate surface area is 105 Å². The zero-order valence-electron chi connectivity index (χ0n) is 9.87. The Morgan fingerprint density at radius 3 is 2.78 bits per heavy atom. The first-order valence-electron chi connectivity index (χ1n) is 5.87. The van der Waals surface area contributed by atoms with Crippen molar-refractivity contribution >= 4 is 5.69 Å². The second-order valence-electron chi connectivity index (χ2n) is 4.16. The predicted octanol–water partition coefficient (Wildman–Crippen LogP) is 2.38. The standard InChI is InChI=1S/C14H14N2O2/c15-13-4-5-16-9-12(13)10-2-1-3-11(8-10)14-17-6-7-18-14/h1-5,8-9,14H,6-7H2,(H2,15,16). The van der Waals surface area contributed by atoms with Gasteiger partial charge in [0.25, 0.3) is 0 Å². The molecule has 1 aliphatic heterocycles. The van der Waals surface area contributed by atoms with E-state index in [2.05, 4.69) is 4.98 Å². The van der Waals surface area contributed by atoms with E-state index in [0.717, 1.165) is 22.4 Å². The Balaban J connectivity index is 1.98. The molecule has 3 rings (SSSR count). The van der Waals surface area contributed by atoms with E-state index in [1.54, 1.807) is 18.5 Å². The molecule has 1 aromatic heterocycles.